The van der Waals surface area contributed by atoms with E-state index in [0.717, 1.165) is 24.4 Å². The number of aryl methyl sites for hydroxylation is 1. The highest BCUT2D eigenvalue weighted by molar-refractivity contribution is 6.30. The molecule has 0 aliphatic carbocycles. The van der Waals surface area contributed by atoms with Crippen LogP contribution in [0.5, 0.6) is 0 Å². The monoisotopic (exact) mass is 225 g/mol. The number of nitrogens with one attached hydrogen (secondary N) is 1. The lowest BCUT2D eigenvalue weighted by molar-refractivity contribution is 0.769. The van der Waals surface area contributed by atoms with Gasteiger partial charge in [-0.2, -0.15) is 0 Å². The van der Waals surface area contributed by atoms with E-state index in [-0.39, 0.29) is 0 Å². The molecule has 0 unspecified atom stereocenters. The van der Waals surface area contributed by atoms with E-state index < -0.39 is 0 Å². The number of guanidine groups is 1. The van der Waals surface area contributed by atoms with Gasteiger partial charge in [-0.25, -0.2) is 0 Å². The summed E-state index contributed by atoms with van der Waals surface area (Å²) in [7, 11) is 1.67. The van der Waals surface area contributed by atoms with E-state index in [2.05, 4.69) is 10.3 Å². The van der Waals surface area contributed by atoms with E-state index in [1.807, 2.05) is 24.3 Å². The van der Waals surface area contributed by atoms with Crippen LogP contribution in [0.4, 0.5) is 0 Å². The zero-order valence-electron chi connectivity index (χ0n) is 8.83. The first-order valence-electron chi connectivity index (χ1n) is 4.93. The summed E-state index contributed by atoms with van der Waals surface area (Å²) in [6.45, 7) is 0.839. The molecule has 0 radical (unpaired) electrons. The van der Waals surface area contributed by atoms with Gasteiger partial charge in [0.2, 0.25) is 0 Å². The normalized spacial score (nSPS) is 11.5. The van der Waals surface area contributed by atoms with Gasteiger partial charge in [-0.1, -0.05) is 23.7 Å². The van der Waals surface area contributed by atoms with Crippen molar-refractivity contribution in [2.24, 2.45) is 10.7 Å². The Bertz CT molecular complexity index is 319. The van der Waals surface area contributed by atoms with Crippen molar-refractivity contribution in [2.45, 2.75) is 12.8 Å². The molecule has 0 bridgehead atoms. The molecule has 1 aromatic carbocycles. The van der Waals surface area contributed by atoms with Crippen LogP contribution in [0.25, 0.3) is 0 Å². The van der Waals surface area contributed by atoms with Crippen molar-refractivity contribution in [3.63, 3.8) is 0 Å². The number of hydrogen-bond donors (Lipinski definition) is 2. The van der Waals surface area contributed by atoms with Crippen molar-refractivity contribution >= 4 is 17.6 Å². The molecular weight excluding hydrogens is 210 g/mol. The summed E-state index contributed by atoms with van der Waals surface area (Å²) < 4.78 is 0. The summed E-state index contributed by atoms with van der Waals surface area (Å²) in [5.41, 5.74) is 6.78. The van der Waals surface area contributed by atoms with Gasteiger partial charge in [0.05, 0.1) is 0 Å². The number of rotatable bonds is 4. The van der Waals surface area contributed by atoms with E-state index in [4.69, 9.17) is 17.3 Å². The maximum absolute atomic E-state index is 5.79. The molecule has 1 rings (SSSR count). The van der Waals surface area contributed by atoms with Crippen LogP contribution < -0.4 is 11.1 Å². The highest BCUT2D eigenvalue weighted by Gasteiger charge is 1.94. The Morgan fingerprint density at radius 1 is 1.40 bits per heavy atom. The Balaban J connectivity index is 2.23. The summed E-state index contributed by atoms with van der Waals surface area (Å²) in [5.74, 6) is 0.492. The molecular formula is C11H16ClN3. The maximum atomic E-state index is 5.79. The molecule has 0 spiro atoms. The van der Waals surface area contributed by atoms with E-state index in [1.54, 1.807) is 7.05 Å². The second kappa shape index (κ2) is 6.30. The topological polar surface area (TPSA) is 50.4 Å². The van der Waals surface area contributed by atoms with Gasteiger partial charge in [0.15, 0.2) is 5.96 Å². The second-order valence-corrected chi connectivity index (χ2v) is 3.70. The first-order chi connectivity index (χ1) is 7.22. The van der Waals surface area contributed by atoms with Crippen molar-refractivity contribution in [2.75, 3.05) is 13.6 Å². The molecule has 0 aromatic heterocycles. The molecule has 0 heterocycles. The fraction of sp³-hybridized carbons (Fsp3) is 0.364. The summed E-state index contributed by atoms with van der Waals surface area (Å²) in [4.78, 5) is 3.81. The molecule has 0 saturated carbocycles. The van der Waals surface area contributed by atoms with Gasteiger partial charge in [-0.05, 0) is 30.5 Å². The van der Waals surface area contributed by atoms with Crippen LogP contribution in [0.1, 0.15) is 12.0 Å². The van der Waals surface area contributed by atoms with Crippen LogP contribution in [0, 0.1) is 0 Å². The zero-order chi connectivity index (χ0) is 11.1. The van der Waals surface area contributed by atoms with Crippen molar-refractivity contribution in [1.29, 1.82) is 0 Å². The lowest BCUT2D eigenvalue weighted by Gasteiger charge is -2.04. The standard InChI is InChI=1S/C11H16ClN3/c1-14-11(13)15-8-2-3-9-4-6-10(12)7-5-9/h4-7H,2-3,8H2,1H3,(H3,13,14,15). The minimum absolute atomic E-state index is 0.492. The number of halogens is 1. The average Bonchev–Trinajstić information content (AvgIpc) is 2.26. The molecule has 0 aliphatic heterocycles. The van der Waals surface area contributed by atoms with Gasteiger partial charge in [0.25, 0.3) is 0 Å². The summed E-state index contributed by atoms with van der Waals surface area (Å²) in [5, 5.41) is 3.79. The largest absolute Gasteiger partial charge is 0.370 e. The fourth-order valence-corrected chi connectivity index (χ4v) is 1.37. The first-order valence-corrected chi connectivity index (χ1v) is 5.30. The van der Waals surface area contributed by atoms with Gasteiger partial charge in [-0.15, -0.1) is 0 Å². The minimum atomic E-state index is 0.492. The molecule has 1 aromatic rings. The molecule has 0 amide bonds. The summed E-state index contributed by atoms with van der Waals surface area (Å²) in [6.07, 6.45) is 2.04. The highest BCUT2D eigenvalue weighted by atomic mass is 35.5. The predicted octanol–water partition coefficient (Wildman–Crippen LogP) is 1.81. The lowest BCUT2D eigenvalue weighted by Crippen LogP contribution is -2.32. The molecule has 0 fully saturated rings. The third-order valence-corrected chi connectivity index (χ3v) is 2.35. The summed E-state index contributed by atoms with van der Waals surface area (Å²) >= 11 is 5.79. The molecule has 0 saturated heterocycles. The van der Waals surface area contributed by atoms with E-state index in [0.29, 0.717) is 5.96 Å². The molecule has 15 heavy (non-hydrogen) atoms. The molecule has 3 nitrogen and oxygen atoms in total. The third-order valence-electron chi connectivity index (χ3n) is 2.10. The van der Waals surface area contributed by atoms with Crippen LogP contribution in [-0.4, -0.2) is 19.6 Å². The van der Waals surface area contributed by atoms with Crippen molar-refractivity contribution in [3.05, 3.63) is 34.9 Å². The molecule has 3 N–H and O–H groups in total. The Hall–Kier alpha value is -1.22. The van der Waals surface area contributed by atoms with Crippen molar-refractivity contribution in [1.82, 2.24) is 5.32 Å². The van der Waals surface area contributed by atoms with Gasteiger partial charge in [0, 0.05) is 18.6 Å². The molecule has 0 atom stereocenters. The van der Waals surface area contributed by atoms with Crippen molar-refractivity contribution < 1.29 is 0 Å². The zero-order valence-corrected chi connectivity index (χ0v) is 9.59. The molecule has 4 heteroatoms. The highest BCUT2D eigenvalue weighted by Crippen LogP contribution is 2.10. The van der Waals surface area contributed by atoms with Gasteiger partial charge < -0.3 is 11.1 Å². The first kappa shape index (κ1) is 11.9. The SMILES string of the molecule is CN=C(N)NCCCc1ccc(Cl)cc1. The Kier molecular flexibility index (Phi) is 4.98. The van der Waals surface area contributed by atoms with E-state index in [1.165, 1.54) is 5.56 Å². The Morgan fingerprint density at radius 3 is 2.67 bits per heavy atom. The number of benzene rings is 1. The van der Waals surface area contributed by atoms with Gasteiger partial charge >= 0.3 is 0 Å². The lowest BCUT2D eigenvalue weighted by atomic mass is 10.1. The quantitative estimate of drug-likeness (QED) is 0.467. The third kappa shape index (κ3) is 4.70. The fourth-order valence-electron chi connectivity index (χ4n) is 1.24. The van der Waals surface area contributed by atoms with Crippen LogP contribution in [0.2, 0.25) is 5.02 Å². The van der Waals surface area contributed by atoms with Crippen LogP contribution in [-0.2, 0) is 6.42 Å². The Labute approximate surface area is 95.3 Å². The van der Waals surface area contributed by atoms with Crippen molar-refractivity contribution in [3.8, 4) is 0 Å². The van der Waals surface area contributed by atoms with Gasteiger partial charge in [-0.3, -0.25) is 4.99 Å². The number of nitrogens with zero attached hydrogens (tertiary/aromatic N) is 1. The van der Waals surface area contributed by atoms with E-state index in [9.17, 15) is 0 Å². The smallest absolute Gasteiger partial charge is 0.188 e. The Morgan fingerprint density at radius 2 is 2.07 bits per heavy atom. The number of aliphatic imine (C=N–C) groups is 1. The molecule has 82 valence electrons. The van der Waals surface area contributed by atoms with E-state index >= 15 is 0 Å². The number of hydrogen-bond acceptors (Lipinski definition) is 1. The number of nitrogens with two attached hydrogens (primary N) is 1. The summed E-state index contributed by atoms with van der Waals surface area (Å²) in [6, 6.07) is 7.90. The van der Waals surface area contributed by atoms with Crippen LogP contribution >= 0.6 is 11.6 Å². The van der Waals surface area contributed by atoms with Crippen LogP contribution in [0.3, 0.4) is 0 Å². The molecule has 0 aliphatic rings. The second-order valence-electron chi connectivity index (χ2n) is 3.27. The minimum Gasteiger partial charge on any atom is -0.370 e. The maximum Gasteiger partial charge on any atom is 0.188 e. The predicted molar refractivity (Wildman–Crippen MR) is 65.3 cm³/mol. The van der Waals surface area contributed by atoms with Gasteiger partial charge in [0.1, 0.15) is 0 Å². The van der Waals surface area contributed by atoms with Crippen LogP contribution in [0.15, 0.2) is 29.3 Å². The average molecular weight is 226 g/mol.